The van der Waals surface area contributed by atoms with E-state index in [-0.39, 0.29) is 5.91 Å². The molecule has 1 heterocycles. The van der Waals surface area contributed by atoms with Crippen LogP contribution in [0.15, 0.2) is 24.3 Å². The van der Waals surface area contributed by atoms with Gasteiger partial charge >= 0.3 is 0 Å². The number of carbonyl (C=O) groups excluding carboxylic acids is 1. The summed E-state index contributed by atoms with van der Waals surface area (Å²) in [6.45, 7) is 6.90. The summed E-state index contributed by atoms with van der Waals surface area (Å²) in [6, 6.07) is 9.30. The smallest absolute Gasteiger partial charge is 0.256 e. The van der Waals surface area contributed by atoms with Gasteiger partial charge < -0.3 is 10.1 Å². The Morgan fingerprint density at radius 2 is 2.07 bits per heavy atom. The zero-order valence-electron chi connectivity index (χ0n) is 16.4. The van der Waals surface area contributed by atoms with Crippen LogP contribution < -0.4 is 10.1 Å². The molecule has 3 rings (SSSR count). The molecule has 0 bridgehead atoms. The van der Waals surface area contributed by atoms with Crippen LogP contribution in [0.3, 0.4) is 0 Å². The van der Waals surface area contributed by atoms with Gasteiger partial charge in [-0.05, 0) is 60.4 Å². The third-order valence-electron chi connectivity index (χ3n) is 5.97. The summed E-state index contributed by atoms with van der Waals surface area (Å²) in [5.74, 6) is 1.13. The van der Waals surface area contributed by atoms with Crippen molar-refractivity contribution in [2.75, 3.05) is 12.4 Å². The molecule has 1 aromatic heterocycles. The first kappa shape index (κ1) is 19.4. The Morgan fingerprint density at radius 3 is 2.67 bits per heavy atom. The van der Waals surface area contributed by atoms with E-state index in [0.717, 1.165) is 31.2 Å². The zero-order valence-corrected chi connectivity index (χ0v) is 17.2. The van der Waals surface area contributed by atoms with Gasteiger partial charge in [-0.15, -0.1) is 11.3 Å². The van der Waals surface area contributed by atoms with Gasteiger partial charge in [0.2, 0.25) is 0 Å². The second-order valence-corrected chi connectivity index (χ2v) is 8.89. The Labute approximate surface area is 165 Å². The minimum absolute atomic E-state index is 0.196. The van der Waals surface area contributed by atoms with Crippen molar-refractivity contribution in [3.8, 4) is 11.8 Å². The maximum absolute atomic E-state index is 12.6. The van der Waals surface area contributed by atoms with Crippen molar-refractivity contribution in [1.82, 2.24) is 0 Å². The first-order valence-electron chi connectivity index (χ1n) is 9.39. The van der Waals surface area contributed by atoms with Crippen molar-refractivity contribution in [2.24, 2.45) is 11.3 Å². The van der Waals surface area contributed by atoms with Gasteiger partial charge in [0.25, 0.3) is 5.91 Å². The van der Waals surface area contributed by atoms with E-state index in [9.17, 15) is 10.1 Å². The lowest BCUT2D eigenvalue weighted by atomic mass is 9.69. The SMILES string of the molecule is CCC(C)(C)C1CCc2c(sc(NC(=O)c3ccc(OC)cc3)c2C#N)C1. The minimum atomic E-state index is -0.196. The molecule has 1 amide bonds. The third kappa shape index (κ3) is 3.86. The van der Waals surface area contributed by atoms with E-state index in [0.29, 0.717) is 33.2 Å². The molecule has 4 nitrogen and oxygen atoms in total. The maximum Gasteiger partial charge on any atom is 0.256 e. The number of nitriles is 1. The number of thiophene rings is 1. The van der Waals surface area contributed by atoms with Gasteiger partial charge in [-0.1, -0.05) is 27.2 Å². The fraction of sp³-hybridized carbons (Fsp3) is 0.455. The number of anilines is 1. The first-order valence-corrected chi connectivity index (χ1v) is 10.2. The van der Waals surface area contributed by atoms with E-state index < -0.39 is 0 Å². The molecule has 1 unspecified atom stereocenters. The van der Waals surface area contributed by atoms with Crippen LogP contribution in [0.4, 0.5) is 5.00 Å². The van der Waals surface area contributed by atoms with E-state index in [1.165, 1.54) is 4.88 Å². The molecule has 0 spiro atoms. The van der Waals surface area contributed by atoms with Gasteiger partial charge in [0, 0.05) is 10.4 Å². The molecule has 1 aromatic carbocycles. The predicted octanol–water partition coefficient (Wildman–Crippen LogP) is 5.42. The highest BCUT2D eigenvalue weighted by atomic mass is 32.1. The van der Waals surface area contributed by atoms with Gasteiger partial charge in [-0.2, -0.15) is 5.26 Å². The van der Waals surface area contributed by atoms with Crippen LogP contribution in [-0.4, -0.2) is 13.0 Å². The molecule has 0 radical (unpaired) electrons. The Kier molecular flexibility index (Phi) is 5.57. The molecule has 27 heavy (non-hydrogen) atoms. The highest BCUT2D eigenvalue weighted by Gasteiger charge is 2.34. The van der Waals surface area contributed by atoms with Crippen LogP contribution in [0, 0.1) is 22.7 Å². The van der Waals surface area contributed by atoms with Gasteiger partial charge in [0.1, 0.15) is 16.8 Å². The van der Waals surface area contributed by atoms with Crippen molar-refractivity contribution in [3.05, 3.63) is 45.8 Å². The fourth-order valence-corrected chi connectivity index (χ4v) is 4.94. The summed E-state index contributed by atoms with van der Waals surface area (Å²) < 4.78 is 5.13. The number of carbonyl (C=O) groups is 1. The molecule has 1 atom stereocenters. The molecule has 0 saturated carbocycles. The molecule has 5 heteroatoms. The molecule has 2 aromatic rings. The summed E-state index contributed by atoms with van der Waals surface area (Å²) in [6.07, 6.45) is 4.16. The van der Waals surface area contributed by atoms with Gasteiger partial charge in [-0.25, -0.2) is 0 Å². The molecular weight excluding hydrogens is 356 g/mol. The van der Waals surface area contributed by atoms with Crippen molar-refractivity contribution in [3.63, 3.8) is 0 Å². The Balaban J connectivity index is 1.83. The van der Waals surface area contributed by atoms with Crippen molar-refractivity contribution >= 4 is 22.2 Å². The number of amides is 1. The number of fused-ring (bicyclic) bond motifs is 1. The highest BCUT2D eigenvalue weighted by Crippen LogP contribution is 2.45. The Bertz CT molecular complexity index is 875. The number of methoxy groups -OCH3 is 1. The van der Waals surface area contributed by atoms with Crippen LogP contribution in [0.1, 0.15) is 60.0 Å². The Hall–Kier alpha value is -2.32. The van der Waals surface area contributed by atoms with E-state index in [4.69, 9.17) is 4.74 Å². The number of ether oxygens (including phenoxy) is 1. The van der Waals surface area contributed by atoms with Gasteiger partial charge in [0.15, 0.2) is 0 Å². The molecule has 1 aliphatic carbocycles. The minimum Gasteiger partial charge on any atom is -0.497 e. The normalized spacial score (nSPS) is 16.3. The predicted molar refractivity (Wildman–Crippen MR) is 110 cm³/mol. The van der Waals surface area contributed by atoms with Gasteiger partial charge in [-0.3, -0.25) is 4.79 Å². The van der Waals surface area contributed by atoms with Crippen LogP contribution in [0.2, 0.25) is 0 Å². The summed E-state index contributed by atoms with van der Waals surface area (Å²) in [4.78, 5) is 13.9. The number of benzene rings is 1. The number of rotatable bonds is 5. The van der Waals surface area contributed by atoms with Crippen LogP contribution in [0.5, 0.6) is 5.75 Å². The molecule has 0 saturated heterocycles. The van der Waals surface area contributed by atoms with Crippen LogP contribution in [0.25, 0.3) is 0 Å². The van der Waals surface area contributed by atoms with E-state index >= 15 is 0 Å². The third-order valence-corrected chi connectivity index (χ3v) is 7.14. The van der Waals surface area contributed by atoms with E-state index in [1.807, 2.05) is 0 Å². The number of nitrogens with zero attached hydrogens (tertiary/aromatic N) is 1. The maximum atomic E-state index is 12.6. The number of hydrogen-bond acceptors (Lipinski definition) is 4. The Morgan fingerprint density at radius 1 is 1.37 bits per heavy atom. The highest BCUT2D eigenvalue weighted by molar-refractivity contribution is 7.16. The monoisotopic (exact) mass is 382 g/mol. The van der Waals surface area contributed by atoms with E-state index in [1.54, 1.807) is 42.7 Å². The molecular formula is C22H26N2O2S. The fourth-order valence-electron chi connectivity index (χ4n) is 3.67. The molecule has 142 valence electrons. The zero-order chi connectivity index (χ0) is 19.6. The summed E-state index contributed by atoms with van der Waals surface area (Å²) in [7, 11) is 1.59. The quantitative estimate of drug-likeness (QED) is 0.751. The lowest BCUT2D eigenvalue weighted by Crippen LogP contribution is -2.28. The second-order valence-electron chi connectivity index (χ2n) is 7.78. The first-order chi connectivity index (χ1) is 12.9. The average Bonchev–Trinajstić information content (AvgIpc) is 3.03. The largest absolute Gasteiger partial charge is 0.497 e. The lowest BCUT2D eigenvalue weighted by Gasteiger charge is -2.36. The standard InChI is InChI=1S/C22H26N2O2S/c1-5-22(2,3)15-8-11-17-18(13-23)21(27-19(17)12-15)24-20(25)14-6-9-16(26-4)10-7-14/h6-7,9-10,15H,5,8,11-12H2,1-4H3,(H,24,25). The van der Waals surface area contributed by atoms with Crippen molar-refractivity contribution in [1.29, 1.82) is 5.26 Å². The molecule has 1 N–H and O–H groups in total. The van der Waals surface area contributed by atoms with Crippen molar-refractivity contribution in [2.45, 2.75) is 46.5 Å². The van der Waals surface area contributed by atoms with Crippen molar-refractivity contribution < 1.29 is 9.53 Å². The molecule has 0 aliphatic heterocycles. The van der Waals surface area contributed by atoms with E-state index in [2.05, 4.69) is 32.2 Å². The van der Waals surface area contributed by atoms with Crippen LogP contribution >= 0.6 is 11.3 Å². The number of nitrogens with one attached hydrogen (secondary N) is 1. The second kappa shape index (κ2) is 7.74. The number of hydrogen-bond donors (Lipinski definition) is 1. The summed E-state index contributed by atoms with van der Waals surface area (Å²) >= 11 is 1.57. The molecule has 1 aliphatic rings. The van der Waals surface area contributed by atoms with Gasteiger partial charge in [0.05, 0.1) is 12.7 Å². The lowest BCUT2D eigenvalue weighted by molar-refractivity contribution is 0.102. The summed E-state index contributed by atoms with van der Waals surface area (Å²) in [5.41, 5.74) is 2.62. The molecule has 0 fully saturated rings. The topological polar surface area (TPSA) is 62.1 Å². The van der Waals surface area contributed by atoms with Crippen LogP contribution in [-0.2, 0) is 12.8 Å². The average molecular weight is 383 g/mol. The summed E-state index contributed by atoms with van der Waals surface area (Å²) in [5, 5.41) is 13.3.